The van der Waals surface area contributed by atoms with Gasteiger partial charge in [-0.15, -0.1) is 0 Å². The van der Waals surface area contributed by atoms with E-state index in [4.69, 9.17) is 23.2 Å². The number of benzene rings is 2. The van der Waals surface area contributed by atoms with Crippen LogP contribution in [0.1, 0.15) is 22.5 Å². The molecule has 1 N–H and O–H groups in total. The molecule has 0 atom stereocenters. The summed E-state index contributed by atoms with van der Waals surface area (Å²) in [7, 11) is 0. The zero-order valence-corrected chi connectivity index (χ0v) is 16.1. The number of carbonyl (C=O) groups is 1. The van der Waals surface area contributed by atoms with Crippen LogP contribution in [0.25, 0.3) is 5.69 Å². The zero-order chi connectivity index (χ0) is 18.7. The van der Waals surface area contributed by atoms with Gasteiger partial charge in [0.15, 0.2) is 0 Å². The molecule has 26 heavy (non-hydrogen) atoms. The summed E-state index contributed by atoms with van der Waals surface area (Å²) in [6, 6.07) is 14.9. The Morgan fingerprint density at radius 3 is 2.46 bits per heavy atom. The van der Waals surface area contributed by atoms with Crippen molar-refractivity contribution < 1.29 is 4.79 Å². The Morgan fingerprint density at radius 1 is 1.08 bits per heavy atom. The molecule has 1 amide bonds. The lowest BCUT2D eigenvalue weighted by Crippen LogP contribution is -2.25. The third-order valence-corrected chi connectivity index (χ3v) is 4.90. The van der Waals surface area contributed by atoms with Crippen LogP contribution < -0.4 is 5.32 Å². The number of amides is 1. The van der Waals surface area contributed by atoms with Crippen molar-refractivity contribution in [3.63, 3.8) is 0 Å². The van der Waals surface area contributed by atoms with E-state index in [1.807, 2.05) is 67.1 Å². The average Bonchev–Trinajstić information content (AvgIpc) is 2.90. The quantitative estimate of drug-likeness (QED) is 0.691. The minimum Gasteiger partial charge on any atom is -0.352 e. The van der Waals surface area contributed by atoms with Gasteiger partial charge in [-0.3, -0.25) is 4.79 Å². The van der Waals surface area contributed by atoms with Gasteiger partial charge in [0, 0.05) is 27.8 Å². The predicted octanol–water partition coefficient (Wildman–Crippen LogP) is 4.65. The number of nitrogens with zero attached hydrogens (tertiary/aromatic N) is 2. The Balaban J connectivity index is 1.72. The van der Waals surface area contributed by atoms with Gasteiger partial charge in [0.05, 0.1) is 17.8 Å². The van der Waals surface area contributed by atoms with Gasteiger partial charge >= 0.3 is 0 Å². The molecule has 1 heterocycles. The molecule has 3 aromatic rings. The van der Waals surface area contributed by atoms with E-state index in [0.717, 1.165) is 28.2 Å². The molecule has 0 aliphatic rings. The monoisotopic (exact) mass is 387 g/mol. The summed E-state index contributed by atoms with van der Waals surface area (Å²) in [5, 5.41) is 8.81. The molecule has 0 spiro atoms. The molecule has 1 aromatic heterocycles. The highest BCUT2D eigenvalue weighted by molar-refractivity contribution is 6.31. The molecule has 0 saturated heterocycles. The van der Waals surface area contributed by atoms with Crippen LogP contribution in [0.5, 0.6) is 0 Å². The van der Waals surface area contributed by atoms with Crippen molar-refractivity contribution >= 4 is 29.1 Å². The third kappa shape index (κ3) is 4.09. The van der Waals surface area contributed by atoms with Crippen LogP contribution in [-0.2, 0) is 17.8 Å². The maximum Gasteiger partial charge on any atom is 0.224 e. The first-order valence-electron chi connectivity index (χ1n) is 8.27. The number of aryl methyl sites for hydroxylation is 1. The van der Waals surface area contributed by atoms with Gasteiger partial charge in [-0.05, 0) is 49.7 Å². The van der Waals surface area contributed by atoms with Crippen LogP contribution in [0.3, 0.4) is 0 Å². The SMILES string of the molecule is Cc1nn(-c2ccc(Cl)cc2)c(C)c1CC(=O)NCc1ccccc1Cl. The summed E-state index contributed by atoms with van der Waals surface area (Å²) in [5.74, 6) is -0.0632. The second-order valence-corrected chi connectivity index (χ2v) is 6.93. The minimum atomic E-state index is -0.0632. The van der Waals surface area contributed by atoms with Crippen LogP contribution in [0.15, 0.2) is 48.5 Å². The lowest BCUT2D eigenvalue weighted by Gasteiger charge is -2.08. The van der Waals surface area contributed by atoms with Gasteiger partial charge in [0.2, 0.25) is 5.91 Å². The first-order valence-corrected chi connectivity index (χ1v) is 9.02. The number of halogens is 2. The zero-order valence-electron chi connectivity index (χ0n) is 14.6. The van der Waals surface area contributed by atoms with Crippen molar-refractivity contribution in [3.05, 3.63) is 81.1 Å². The van der Waals surface area contributed by atoms with Gasteiger partial charge in [-0.2, -0.15) is 5.10 Å². The van der Waals surface area contributed by atoms with Crippen molar-refractivity contribution in [3.8, 4) is 5.69 Å². The Hall–Kier alpha value is -2.30. The van der Waals surface area contributed by atoms with Gasteiger partial charge in [-0.25, -0.2) is 4.68 Å². The molecule has 2 aromatic carbocycles. The van der Waals surface area contributed by atoms with E-state index in [2.05, 4.69) is 10.4 Å². The molecule has 4 nitrogen and oxygen atoms in total. The second-order valence-electron chi connectivity index (χ2n) is 6.08. The normalized spacial score (nSPS) is 10.8. The van der Waals surface area contributed by atoms with E-state index in [9.17, 15) is 4.79 Å². The first kappa shape index (κ1) is 18.5. The predicted molar refractivity (Wildman–Crippen MR) is 105 cm³/mol. The van der Waals surface area contributed by atoms with Gasteiger partial charge in [-0.1, -0.05) is 41.4 Å². The van der Waals surface area contributed by atoms with E-state index in [-0.39, 0.29) is 12.3 Å². The molecule has 0 fully saturated rings. The van der Waals surface area contributed by atoms with Crippen molar-refractivity contribution in [2.45, 2.75) is 26.8 Å². The maximum atomic E-state index is 12.4. The number of rotatable bonds is 5. The van der Waals surface area contributed by atoms with Crippen LogP contribution in [0, 0.1) is 13.8 Å². The van der Waals surface area contributed by atoms with E-state index >= 15 is 0 Å². The summed E-state index contributed by atoms with van der Waals surface area (Å²) >= 11 is 12.1. The van der Waals surface area contributed by atoms with Crippen molar-refractivity contribution in [2.75, 3.05) is 0 Å². The molecule has 0 aliphatic heterocycles. The molecule has 3 rings (SSSR count). The van der Waals surface area contributed by atoms with Crippen LogP contribution in [-0.4, -0.2) is 15.7 Å². The fraction of sp³-hybridized carbons (Fsp3) is 0.200. The summed E-state index contributed by atoms with van der Waals surface area (Å²) in [6.45, 7) is 4.28. The van der Waals surface area contributed by atoms with Gasteiger partial charge in [0.1, 0.15) is 0 Å². The fourth-order valence-corrected chi connectivity index (χ4v) is 3.15. The molecule has 0 unspecified atom stereocenters. The molecule has 0 bridgehead atoms. The third-order valence-electron chi connectivity index (χ3n) is 4.28. The Morgan fingerprint density at radius 2 is 1.77 bits per heavy atom. The minimum absolute atomic E-state index is 0.0632. The second kappa shape index (κ2) is 7.94. The molecule has 6 heteroatoms. The van der Waals surface area contributed by atoms with Crippen molar-refractivity contribution in [2.24, 2.45) is 0 Å². The highest BCUT2D eigenvalue weighted by atomic mass is 35.5. The molecular formula is C20H19Cl2N3O. The maximum absolute atomic E-state index is 12.4. The number of aromatic nitrogens is 2. The van der Waals surface area contributed by atoms with Gasteiger partial charge in [0.25, 0.3) is 0 Å². The first-order chi connectivity index (χ1) is 12.5. The number of carbonyl (C=O) groups excluding carboxylic acids is 1. The largest absolute Gasteiger partial charge is 0.352 e. The van der Waals surface area contributed by atoms with E-state index in [0.29, 0.717) is 16.6 Å². The van der Waals surface area contributed by atoms with E-state index < -0.39 is 0 Å². The summed E-state index contributed by atoms with van der Waals surface area (Å²) in [4.78, 5) is 12.4. The summed E-state index contributed by atoms with van der Waals surface area (Å²) in [6.07, 6.45) is 0.274. The van der Waals surface area contributed by atoms with Crippen molar-refractivity contribution in [1.29, 1.82) is 0 Å². The molecule has 0 radical (unpaired) electrons. The topological polar surface area (TPSA) is 46.9 Å². The van der Waals surface area contributed by atoms with Crippen LogP contribution in [0.4, 0.5) is 0 Å². The number of nitrogens with one attached hydrogen (secondary N) is 1. The summed E-state index contributed by atoms with van der Waals surface area (Å²) in [5.41, 5.74) is 4.52. The fourth-order valence-electron chi connectivity index (χ4n) is 2.82. The highest BCUT2D eigenvalue weighted by Gasteiger charge is 2.16. The molecule has 0 aliphatic carbocycles. The number of hydrogen-bond donors (Lipinski definition) is 1. The van der Waals surface area contributed by atoms with E-state index in [1.165, 1.54) is 0 Å². The molecular weight excluding hydrogens is 369 g/mol. The van der Waals surface area contributed by atoms with Gasteiger partial charge < -0.3 is 5.32 Å². The molecule has 134 valence electrons. The standard InChI is InChI=1S/C20H19Cl2N3O/c1-13-18(11-20(26)23-12-15-5-3-4-6-19(15)22)14(2)25(24-13)17-9-7-16(21)8-10-17/h3-10H,11-12H2,1-2H3,(H,23,26). The average molecular weight is 388 g/mol. The molecule has 0 saturated carbocycles. The van der Waals surface area contributed by atoms with Crippen molar-refractivity contribution in [1.82, 2.24) is 15.1 Å². The Bertz CT molecular complexity index is 933. The van der Waals surface area contributed by atoms with E-state index in [1.54, 1.807) is 0 Å². The lowest BCUT2D eigenvalue weighted by molar-refractivity contribution is -0.120. The van der Waals surface area contributed by atoms with Crippen LogP contribution in [0.2, 0.25) is 10.0 Å². The Labute approximate surface area is 162 Å². The number of hydrogen-bond acceptors (Lipinski definition) is 2. The van der Waals surface area contributed by atoms with Crippen LogP contribution >= 0.6 is 23.2 Å². The highest BCUT2D eigenvalue weighted by Crippen LogP contribution is 2.20. The lowest BCUT2D eigenvalue weighted by atomic mass is 10.1. The smallest absolute Gasteiger partial charge is 0.224 e. The Kier molecular flexibility index (Phi) is 5.64. The summed E-state index contributed by atoms with van der Waals surface area (Å²) < 4.78 is 1.84.